The zero-order valence-corrected chi connectivity index (χ0v) is 19.9. The molecule has 1 saturated heterocycles. The minimum atomic E-state index is -4.41. The molecule has 0 radical (unpaired) electrons. The molecule has 0 N–H and O–H groups in total. The SMILES string of the molecule is O=C(OCC1c2ccccc2-c2ccccc21)N1C2C=C(c3ccc(OCC(F)(F)F)nc3)CC1CC2. The van der Waals surface area contributed by atoms with Gasteiger partial charge in [0.25, 0.3) is 0 Å². The summed E-state index contributed by atoms with van der Waals surface area (Å²) >= 11 is 0. The van der Waals surface area contributed by atoms with Crippen LogP contribution in [0, 0.1) is 0 Å². The molecule has 0 saturated carbocycles. The van der Waals surface area contributed by atoms with E-state index in [1.807, 2.05) is 29.2 Å². The lowest BCUT2D eigenvalue weighted by molar-refractivity contribution is -0.154. The monoisotopic (exact) mass is 506 g/mol. The number of nitrogens with zero attached hydrogens (tertiary/aromatic N) is 2. The Labute approximate surface area is 212 Å². The quantitative estimate of drug-likeness (QED) is 0.392. The third-order valence-corrected chi connectivity index (χ3v) is 7.43. The normalized spacial score (nSPS) is 20.3. The van der Waals surface area contributed by atoms with E-state index < -0.39 is 12.8 Å². The summed E-state index contributed by atoms with van der Waals surface area (Å²) in [5.41, 5.74) is 6.58. The number of halogens is 3. The largest absolute Gasteiger partial charge is 0.468 e. The van der Waals surface area contributed by atoms with Crippen molar-refractivity contribution < 1.29 is 27.4 Å². The molecule has 37 heavy (non-hydrogen) atoms. The number of rotatable bonds is 5. The molecule has 2 aromatic carbocycles. The van der Waals surface area contributed by atoms with E-state index in [0.29, 0.717) is 6.42 Å². The van der Waals surface area contributed by atoms with E-state index in [9.17, 15) is 18.0 Å². The van der Waals surface area contributed by atoms with Crippen LogP contribution in [0.3, 0.4) is 0 Å². The Bertz CT molecular complexity index is 1310. The fourth-order valence-corrected chi connectivity index (χ4v) is 5.81. The van der Waals surface area contributed by atoms with Crippen LogP contribution < -0.4 is 4.74 Å². The van der Waals surface area contributed by atoms with Gasteiger partial charge in [-0.05, 0) is 58.7 Å². The first-order valence-corrected chi connectivity index (χ1v) is 12.4. The highest BCUT2D eigenvalue weighted by Crippen LogP contribution is 2.45. The second-order valence-electron chi connectivity index (χ2n) is 9.69. The van der Waals surface area contributed by atoms with Crippen molar-refractivity contribution in [2.45, 2.75) is 43.4 Å². The Kier molecular flexibility index (Phi) is 5.89. The fourth-order valence-electron chi connectivity index (χ4n) is 5.81. The Morgan fingerprint density at radius 3 is 2.30 bits per heavy atom. The van der Waals surface area contributed by atoms with Gasteiger partial charge in [0.05, 0.1) is 6.04 Å². The number of hydrogen-bond donors (Lipinski definition) is 0. The van der Waals surface area contributed by atoms with Crippen LogP contribution in [0.4, 0.5) is 18.0 Å². The summed E-state index contributed by atoms with van der Waals surface area (Å²) in [7, 11) is 0. The molecule has 2 unspecified atom stereocenters. The van der Waals surface area contributed by atoms with Crippen molar-refractivity contribution >= 4 is 11.7 Å². The number of hydrogen-bond acceptors (Lipinski definition) is 4. The van der Waals surface area contributed by atoms with Gasteiger partial charge in [0.2, 0.25) is 5.88 Å². The molecule has 1 aromatic heterocycles. The standard InChI is InChI=1S/C29H25F3N2O3/c30-29(31,32)17-37-27-12-9-18(15-33-27)19-13-20-10-11-21(14-19)34(20)28(35)36-16-26-24-7-3-1-5-22(24)23-6-2-4-8-25(23)26/h1-9,12-13,15,20-21,26H,10-11,14,16-17H2. The number of amides is 1. The zero-order chi connectivity index (χ0) is 25.6. The van der Waals surface area contributed by atoms with Crippen LogP contribution in [0.2, 0.25) is 0 Å². The summed E-state index contributed by atoms with van der Waals surface area (Å²) in [6.07, 6.45) is 1.23. The van der Waals surface area contributed by atoms with Crippen LogP contribution in [0.1, 0.15) is 41.9 Å². The van der Waals surface area contributed by atoms with E-state index in [2.05, 4.69) is 35.3 Å². The van der Waals surface area contributed by atoms with E-state index in [4.69, 9.17) is 9.47 Å². The van der Waals surface area contributed by atoms with Crippen molar-refractivity contribution in [1.29, 1.82) is 0 Å². The predicted molar refractivity (Wildman–Crippen MR) is 132 cm³/mol. The highest BCUT2D eigenvalue weighted by atomic mass is 19.4. The third kappa shape index (κ3) is 4.56. The highest BCUT2D eigenvalue weighted by molar-refractivity contribution is 5.79. The Morgan fingerprint density at radius 2 is 1.68 bits per heavy atom. The molecule has 2 bridgehead atoms. The zero-order valence-electron chi connectivity index (χ0n) is 19.9. The lowest BCUT2D eigenvalue weighted by Crippen LogP contribution is -2.43. The van der Waals surface area contributed by atoms with Gasteiger partial charge < -0.3 is 9.47 Å². The number of fused-ring (bicyclic) bond motifs is 5. The van der Waals surface area contributed by atoms with Gasteiger partial charge in [-0.3, -0.25) is 4.90 Å². The summed E-state index contributed by atoms with van der Waals surface area (Å²) in [6, 6.07) is 19.6. The van der Waals surface area contributed by atoms with Crippen molar-refractivity contribution in [2.24, 2.45) is 0 Å². The van der Waals surface area contributed by atoms with Crippen LogP contribution in [-0.2, 0) is 4.74 Å². The fraction of sp³-hybridized carbons (Fsp3) is 0.310. The summed E-state index contributed by atoms with van der Waals surface area (Å²) in [5.74, 6) is -0.0604. The maximum atomic E-state index is 13.2. The average molecular weight is 507 g/mol. The van der Waals surface area contributed by atoms with Crippen LogP contribution >= 0.6 is 0 Å². The molecule has 3 aliphatic rings. The smallest absolute Gasteiger partial charge is 0.422 e. The molecule has 1 aliphatic carbocycles. The molecule has 6 rings (SSSR count). The molecule has 2 atom stereocenters. The maximum absolute atomic E-state index is 13.2. The van der Waals surface area contributed by atoms with Gasteiger partial charge in [-0.2, -0.15) is 13.2 Å². The molecule has 1 amide bonds. The average Bonchev–Trinajstić information content (AvgIpc) is 3.36. The summed E-state index contributed by atoms with van der Waals surface area (Å²) in [5, 5.41) is 0. The predicted octanol–water partition coefficient (Wildman–Crippen LogP) is 6.59. The van der Waals surface area contributed by atoms with Gasteiger partial charge in [0.15, 0.2) is 6.61 Å². The van der Waals surface area contributed by atoms with E-state index in [0.717, 1.165) is 24.0 Å². The van der Waals surface area contributed by atoms with Gasteiger partial charge >= 0.3 is 12.3 Å². The second-order valence-corrected chi connectivity index (χ2v) is 9.69. The van der Waals surface area contributed by atoms with Crippen molar-refractivity contribution in [2.75, 3.05) is 13.2 Å². The number of aromatic nitrogens is 1. The molecular weight excluding hydrogens is 481 g/mol. The van der Waals surface area contributed by atoms with Gasteiger partial charge in [-0.15, -0.1) is 0 Å². The van der Waals surface area contributed by atoms with Crippen molar-refractivity contribution in [3.63, 3.8) is 0 Å². The van der Waals surface area contributed by atoms with E-state index in [1.165, 1.54) is 34.5 Å². The maximum Gasteiger partial charge on any atom is 0.422 e. The van der Waals surface area contributed by atoms with Gasteiger partial charge in [0, 0.05) is 24.2 Å². The highest BCUT2D eigenvalue weighted by Gasteiger charge is 2.41. The molecular formula is C29H25F3N2O3. The lowest BCUT2D eigenvalue weighted by Gasteiger charge is -2.33. The minimum Gasteiger partial charge on any atom is -0.468 e. The van der Waals surface area contributed by atoms with Crippen molar-refractivity contribution in [1.82, 2.24) is 9.88 Å². The molecule has 1 fully saturated rings. The third-order valence-electron chi connectivity index (χ3n) is 7.43. The van der Waals surface area contributed by atoms with Gasteiger partial charge in [-0.25, -0.2) is 9.78 Å². The van der Waals surface area contributed by atoms with E-state index >= 15 is 0 Å². The molecule has 3 aromatic rings. The van der Waals surface area contributed by atoms with Crippen molar-refractivity contribution in [3.05, 3.63) is 89.6 Å². The first-order valence-electron chi connectivity index (χ1n) is 12.4. The summed E-state index contributed by atoms with van der Waals surface area (Å²) in [6.45, 7) is -1.09. The topological polar surface area (TPSA) is 51.7 Å². The molecule has 0 spiro atoms. The Morgan fingerprint density at radius 1 is 0.973 bits per heavy atom. The molecule has 3 heterocycles. The summed E-state index contributed by atoms with van der Waals surface area (Å²) < 4.78 is 47.7. The lowest BCUT2D eigenvalue weighted by atomic mass is 9.96. The van der Waals surface area contributed by atoms with E-state index in [-0.39, 0.29) is 36.6 Å². The van der Waals surface area contributed by atoms with Crippen LogP contribution in [-0.4, -0.2) is 47.5 Å². The number of carbonyl (C=O) groups excluding carboxylic acids is 1. The van der Waals surface area contributed by atoms with Gasteiger partial charge in [0.1, 0.15) is 6.61 Å². The molecule has 5 nitrogen and oxygen atoms in total. The summed E-state index contributed by atoms with van der Waals surface area (Å²) in [4.78, 5) is 19.1. The van der Waals surface area contributed by atoms with Crippen molar-refractivity contribution in [3.8, 4) is 17.0 Å². The van der Waals surface area contributed by atoms with E-state index in [1.54, 1.807) is 6.07 Å². The second kappa shape index (κ2) is 9.25. The van der Waals surface area contributed by atoms with Gasteiger partial charge in [-0.1, -0.05) is 54.6 Å². The number of carbonyl (C=O) groups is 1. The number of ether oxygens (including phenoxy) is 2. The number of alkyl halides is 3. The first kappa shape index (κ1) is 23.6. The van der Waals surface area contributed by atoms with Crippen LogP contribution in [0.15, 0.2) is 72.9 Å². The molecule has 190 valence electrons. The Balaban J connectivity index is 1.13. The van der Waals surface area contributed by atoms with Crippen LogP contribution in [0.5, 0.6) is 5.88 Å². The number of pyridine rings is 1. The van der Waals surface area contributed by atoms with Crippen LogP contribution in [0.25, 0.3) is 16.7 Å². The minimum absolute atomic E-state index is 0.00838. The number of benzene rings is 2. The first-order chi connectivity index (χ1) is 17.9. The molecule has 2 aliphatic heterocycles. The Hall–Kier alpha value is -3.81. The molecule has 8 heteroatoms.